The van der Waals surface area contributed by atoms with Crippen LogP contribution in [0.25, 0.3) is 0 Å². The molecule has 9 nitrogen and oxygen atoms in total. The van der Waals surface area contributed by atoms with Crippen LogP contribution < -0.4 is 14.3 Å². The van der Waals surface area contributed by atoms with E-state index in [4.69, 9.17) is 0 Å². The Bertz CT molecular complexity index is 1650. The molecule has 1 heterocycles. The molecular formula is C26H23FN4O5S2. The maximum atomic E-state index is 14.6. The lowest BCUT2D eigenvalue weighted by Gasteiger charge is -2.24. The Balaban J connectivity index is 1.54. The lowest BCUT2D eigenvalue weighted by molar-refractivity contribution is -0.114. The normalized spacial score (nSPS) is 11.5. The molecule has 0 aliphatic heterocycles. The molecule has 196 valence electrons. The van der Waals surface area contributed by atoms with Crippen molar-refractivity contribution in [2.24, 2.45) is 0 Å². The van der Waals surface area contributed by atoms with Gasteiger partial charge in [0.2, 0.25) is 5.91 Å². The molecule has 2 N–H and O–H groups in total. The summed E-state index contributed by atoms with van der Waals surface area (Å²) in [7, 11) is -8.20. The maximum absolute atomic E-state index is 14.6. The van der Waals surface area contributed by atoms with E-state index in [1.54, 1.807) is 31.2 Å². The first-order valence-corrected chi connectivity index (χ1v) is 14.2. The monoisotopic (exact) mass is 554 g/mol. The van der Waals surface area contributed by atoms with Crippen LogP contribution in [-0.4, -0.2) is 34.3 Å². The molecule has 0 aliphatic rings. The van der Waals surface area contributed by atoms with Crippen LogP contribution in [0.1, 0.15) is 5.56 Å². The van der Waals surface area contributed by atoms with Gasteiger partial charge < -0.3 is 5.32 Å². The molecule has 0 saturated heterocycles. The fourth-order valence-corrected chi connectivity index (χ4v) is 5.95. The summed E-state index contributed by atoms with van der Waals surface area (Å²) in [4.78, 5) is 16.6. The second-order valence-corrected chi connectivity index (χ2v) is 11.7. The van der Waals surface area contributed by atoms with Crippen LogP contribution in [0.2, 0.25) is 0 Å². The van der Waals surface area contributed by atoms with Crippen LogP contribution in [0.15, 0.2) is 107 Å². The van der Waals surface area contributed by atoms with Crippen LogP contribution >= 0.6 is 0 Å². The predicted molar refractivity (Wildman–Crippen MR) is 142 cm³/mol. The molecule has 4 aromatic rings. The average Bonchev–Trinajstić information content (AvgIpc) is 2.89. The van der Waals surface area contributed by atoms with Gasteiger partial charge in [-0.3, -0.25) is 18.8 Å². The van der Waals surface area contributed by atoms with Gasteiger partial charge in [0.05, 0.1) is 27.4 Å². The van der Waals surface area contributed by atoms with E-state index < -0.39 is 38.3 Å². The highest BCUT2D eigenvalue weighted by Crippen LogP contribution is 2.27. The van der Waals surface area contributed by atoms with Gasteiger partial charge in [-0.2, -0.15) is 0 Å². The second kappa shape index (κ2) is 11.0. The summed E-state index contributed by atoms with van der Waals surface area (Å²) < 4.78 is 69.7. The quantitative estimate of drug-likeness (QED) is 0.320. The number of amides is 1. The van der Waals surface area contributed by atoms with Gasteiger partial charge in [0.25, 0.3) is 20.0 Å². The number of rotatable bonds is 9. The zero-order chi connectivity index (χ0) is 27.3. The smallest absolute Gasteiger partial charge is 0.264 e. The highest BCUT2D eigenvalue weighted by molar-refractivity contribution is 7.93. The van der Waals surface area contributed by atoms with Crippen molar-refractivity contribution in [3.63, 3.8) is 0 Å². The highest BCUT2D eigenvalue weighted by Gasteiger charge is 2.29. The molecule has 0 fully saturated rings. The van der Waals surface area contributed by atoms with Gasteiger partial charge in [0, 0.05) is 11.9 Å². The van der Waals surface area contributed by atoms with E-state index in [1.165, 1.54) is 67.0 Å². The standard InChI is InChI=1S/C26H23FN4O5S2/c1-19-8-12-23(13-9-19)38(35,36)31(25-7-3-2-6-24(25)27)18-26(32)29-20-10-14-22(15-11-20)37(33,34)30-21-5-4-16-28-17-21/h2-17,30H,18H2,1H3,(H,29,32). The molecule has 4 rings (SSSR count). The number of sulfonamides is 2. The molecule has 0 unspecified atom stereocenters. The largest absolute Gasteiger partial charge is 0.325 e. The molecule has 12 heteroatoms. The number of para-hydroxylation sites is 1. The molecule has 1 aromatic heterocycles. The number of nitrogens with zero attached hydrogens (tertiary/aromatic N) is 2. The lowest BCUT2D eigenvalue weighted by atomic mass is 10.2. The number of nitrogens with one attached hydrogen (secondary N) is 2. The molecule has 1 amide bonds. The molecule has 0 atom stereocenters. The Kier molecular flexibility index (Phi) is 7.74. The Morgan fingerprint density at radius 3 is 2.13 bits per heavy atom. The first kappa shape index (κ1) is 26.8. The number of hydrogen-bond donors (Lipinski definition) is 2. The van der Waals surface area contributed by atoms with Crippen LogP contribution in [0.4, 0.5) is 21.5 Å². The highest BCUT2D eigenvalue weighted by atomic mass is 32.2. The Morgan fingerprint density at radius 1 is 0.842 bits per heavy atom. The van der Waals surface area contributed by atoms with Crippen molar-refractivity contribution in [3.8, 4) is 0 Å². The van der Waals surface area contributed by atoms with Gasteiger partial charge >= 0.3 is 0 Å². The minimum absolute atomic E-state index is 0.0608. The first-order chi connectivity index (χ1) is 18.1. The summed E-state index contributed by atoms with van der Waals surface area (Å²) in [6, 6.07) is 19.6. The van der Waals surface area contributed by atoms with Crippen molar-refractivity contribution in [2.45, 2.75) is 16.7 Å². The Labute approximate surface area is 220 Å². The van der Waals surface area contributed by atoms with E-state index in [0.717, 1.165) is 11.6 Å². The lowest BCUT2D eigenvalue weighted by Crippen LogP contribution is -2.38. The number of carbonyl (C=O) groups excluding carboxylic acids is 1. The molecule has 0 aliphatic carbocycles. The summed E-state index contributed by atoms with van der Waals surface area (Å²) in [6.07, 6.45) is 2.87. The topological polar surface area (TPSA) is 126 Å². The van der Waals surface area contributed by atoms with Crippen LogP contribution in [-0.2, 0) is 24.8 Å². The summed E-state index contributed by atoms with van der Waals surface area (Å²) in [6.45, 7) is 1.07. The fourth-order valence-electron chi connectivity index (χ4n) is 3.48. The minimum Gasteiger partial charge on any atom is -0.325 e. The van der Waals surface area contributed by atoms with Gasteiger partial charge in [-0.25, -0.2) is 21.2 Å². The number of pyridine rings is 1. The molecule has 0 bridgehead atoms. The summed E-state index contributed by atoms with van der Waals surface area (Å²) in [5.74, 6) is -1.57. The zero-order valence-electron chi connectivity index (χ0n) is 20.1. The van der Waals surface area contributed by atoms with Crippen molar-refractivity contribution in [3.05, 3.63) is 109 Å². The number of aromatic nitrogens is 1. The molecular weight excluding hydrogens is 531 g/mol. The van der Waals surface area contributed by atoms with Crippen LogP contribution in [0.5, 0.6) is 0 Å². The van der Waals surface area contributed by atoms with Gasteiger partial charge in [0.15, 0.2) is 0 Å². The maximum Gasteiger partial charge on any atom is 0.264 e. The number of benzene rings is 3. The third-order valence-corrected chi connectivity index (χ3v) is 8.55. The van der Waals surface area contributed by atoms with E-state index in [9.17, 15) is 26.0 Å². The van der Waals surface area contributed by atoms with Crippen LogP contribution in [0.3, 0.4) is 0 Å². The molecule has 0 radical (unpaired) electrons. The first-order valence-electron chi connectivity index (χ1n) is 11.2. The van der Waals surface area contributed by atoms with Gasteiger partial charge in [-0.1, -0.05) is 29.8 Å². The number of halogens is 1. The average molecular weight is 555 g/mol. The summed E-state index contributed by atoms with van der Waals surface area (Å²) in [5, 5.41) is 2.53. The summed E-state index contributed by atoms with van der Waals surface area (Å²) in [5.41, 5.74) is 1.05. The van der Waals surface area contributed by atoms with E-state index in [-0.39, 0.29) is 26.9 Å². The fraction of sp³-hybridized carbons (Fsp3) is 0.0769. The van der Waals surface area contributed by atoms with Crippen molar-refractivity contribution < 1.29 is 26.0 Å². The van der Waals surface area contributed by atoms with Crippen molar-refractivity contribution in [2.75, 3.05) is 20.9 Å². The van der Waals surface area contributed by atoms with E-state index in [2.05, 4.69) is 15.0 Å². The van der Waals surface area contributed by atoms with E-state index in [0.29, 0.717) is 4.31 Å². The molecule has 0 saturated carbocycles. The summed E-state index contributed by atoms with van der Waals surface area (Å²) >= 11 is 0. The predicted octanol–water partition coefficient (Wildman–Crippen LogP) is 4.16. The van der Waals surface area contributed by atoms with Crippen molar-refractivity contribution in [1.29, 1.82) is 0 Å². The third kappa shape index (κ3) is 6.15. The zero-order valence-corrected chi connectivity index (χ0v) is 21.7. The number of anilines is 3. The molecule has 3 aromatic carbocycles. The van der Waals surface area contributed by atoms with E-state index in [1.807, 2.05) is 0 Å². The number of carbonyl (C=O) groups is 1. The minimum atomic E-state index is -4.30. The SMILES string of the molecule is Cc1ccc(S(=O)(=O)N(CC(=O)Nc2ccc(S(=O)(=O)Nc3cccnc3)cc2)c2ccccc2F)cc1. The molecule has 0 spiro atoms. The Hall–Kier alpha value is -4.29. The van der Waals surface area contributed by atoms with Gasteiger partial charge in [0.1, 0.15) is 12.4 Å². The van der Waals surface area contributed by atoms with Gasteiger partial charge in [-0.15, -0.1) is 0 Å². The Morgan fingerprint density at radius 2 is 1.50 bits per heavy atom. The number of hydrogen-bond acceptors (Lipinski definition) is 6. The van der Waals surface area contributed by atoms with Gasteiger partial charge in [-0.05, 0) is 67.6 Å². The third-order valence-electron chi connectivity index (χ3n) is 5.38. The van der Waals surface area contributed by atoms with Crippen molar-refractivity contribution in [1.82, 2.24) is 4.98 Å². The van der Waals surface area contributed by atoms with Crippen molar-refractivity contribution >= 4 is 43.0 Å². The van der Waals surface area contributed by atoms with E-state index >= 15 is 0 Å². The van der Waals surface area contributed by atoms with Crippen LogP contribution in [0, 0.1) is 12.7 Å². The molecule has 38 heavy (non-hydrogen) atoms. The second-order valence-electron chi connectivity index (χ2n) is 8.20. The number of aryl methyl sites for hydroxylation is 1.